The molecule has 0 radical (unpaired) electrons. The van der Waals surface area contributed by atoms with Crippen molar-refractivity contribution in [1.29, 1.82) is 0 Å². The molecule has 21 heavy (non-hydrogen) atoms. The van der Waals surface area contributed by atoms with Crippen molar-refractivity contribution < 1.29 is 14.6 Å². The lowest BCUT2D eigenvalue weighted by molar-refractivity contribution is -0.128. The van der Waals surface area contributed by atoms with E-state index in [9.17, 15) is 9.90 Å². The van der Waals surface area contributed by atoms with E-state index in [2.05, 4.69) is 5.32 Å². The monoisotopic (exact) mass is 294 g/mol. The second-order valence-electron chi connectivity index (χ2n) is 5.43. The van der Waals surface area contributed by atoms with Crippen molar-refractivity contribution in [2.75, 3.05) is 33.8 Å². The minimum atomic E-state index is -0.599. The lowest BCUT2D eigenvalue weighted by Crippen LogP contribution is -2.34. The number of benzene rings is 1. The predicted octanol–water partition coefficient (Wildman–Crippen LogP) is 1.11. The number of para-hydroxylation sites is 1. The Morgan fingerprint density at radius 3 is 2.52 bits per heavy atom. The number of aryl methyl sites for hydroxylation is 2. The van der Waals surface area contributed by atoms with Crippen molar-refractivity contribution in [1.82, 2.24) is 10.2 Å². The van der Waals surface area contributed by atoms with Crippen LogP contribution in [0, 0.1) is 13.8 Å². The summed E-state index contributed by atoms with van der Waals surface area (Å²) in [6.45, 7) is 5.17. The number of rotatable bonds is 8. The maximum atomic E-state index is 11.4. The van der Waals surface area contributed by atoms with Gasteiger partial charge in [0.2, 0.25) is 5.91 Å². The van der Waals surface area contributed by atoms with Gasteiger partial charge in [-0.05, 0) is 25.0 Å². The van der Waals surface area contributed by atoms with Crippen LogP contribution >= 0.6 is 0 Å². The first-order valence-corrected chi connectivity index (χ1v) is 7.19. The molecule has 0 saturated carbocycles. The van der Waals surface area contributed by atoms with Crippen LogP contribution in [0.1, 0.15) is 17.5 Å². The SMILES string of the molecule is Cc1cccc(C)c1OCC(O)CNCCC(=O)N(C)C. The third-order valence-corrected chi connectivity index (χ3v) is 3.22. The standard InChI is InChI=1S/C16H26N2O3/c1-12-6-5-7-13(2)16(12)21-11-14(19)10-17-9-8-15(20)18(3)4/h5-7,14,17,19H,8-11H2,1-4H3. The fourth-order valence-electron chi connectivity index (χ4n) is 1.95. The van der Waals surface area contributed by atoms with Crippen molar-refractivity contribution in [2.24, 2.45) is 0 Å². The molecule has 0 saturated heterocycles. The molecule has 5 nitrogen and oxygen atoms in total. The first-order chi connectivity index (χ1) is 9.91. The number of amides is 1. The molecule has 1 unspecified atom stereocenters. The molecule has 0 aliphatic rings. The van der Waals surface area contributed by atoms with E-state index in [0.717, 1.165) is 16.9 Å². The third kappa shape index (κ3) is 6.14. The lowest BCUT2D eigenvalue weighted by atomic mass is 10.1. The number of carbonyl (C=O) groups is 1. The Morgan fingerprint density at radius 2 is 1.95 bits per heavy atom. The van der Waals surface area contributed by atoms with Crippen molar-refractivity contribution in [3.63, 3.8) is 0 Å². The summed E-state index contributed by atoms with van der Waals surface area (Å²) in [5, 5.41) is 12.9. The summed E-state index contributed by atoms with van der Waals surface area (Å²) in [5.74, 6) is 0.906. The molecule has 0 spiro atoms. The van der Waals surface area contributed by atoms with Crippen LogP contribution in [-0.2, 0) is 4.79 Å². The minimum Gasteiger partial charge on any atom is -0.490 e. The van der Waals surface area contributed by atoms with Crippen LogP contribution in [0.25, 0.3) is 0 Å². The molecule has 0 aromatic heterocycles. The van der Waals surface area contributed by atoms with E-state index in [-0.39, 0.29) is 12.5 Å². The fourth-order valence-corrected chi connectivity index (χ4v) is 1.95. The van der Waals surface area contributed by atoms with Crippen LogP contribution in [0.2, 0.25) is 0 Å². The Kier molecular flexibility index (Phi) is 7.19. The molecule has 5 heteroatoms. The highest BCUT2D eigenvalue weighted by molar-refractivity contribution is 5.75. The van der Waals surface area contributed by atoms with E-state index in [4.69, 9.17) is 4.74 Å². The molecule has 0 fully saturated rings. The first-order valence-electron chi connectivity index (χ1n) is 7.19. The van der Waals surface area contributed by atoms with Gasteiger partial charge in [0, 0.05) is 33.6 Å². The molecule has 1 atom stereocenters. The van der Waals surface area contributed by atoms with Gasteiger partial charge in [0.05, 0.1) is 0 Å². The summed E-state index contributed by atoms with van der Waals surface area (Å²) in [6.07, 6.45) is -0.171. The Balaban J connectivity index is 2.25. The second-order valence-corrected chi connectivity index (χ2v) is 5.43. The molecule has 1 amide bonds. The molecule has 1 aromatic carbocycles. The van der Waals surface area contributed by atoms with E-state index < -0.39 is 6.10 Å². The highest BCUT2D eigenvalue weighted by Gasteiger charge is 2.09. The van der Waals surface area contributed by atoms with Crippen LogP contribution < -0.4 is 10.1 Å². The van der Waals surface area contributed by atoms with Gasteiger partial charge in [-0.2, -0.15) is 0 Å². The maximum Gasteiger partial charge on any atom is 0.223 e. The minimum absolute atomic E-state index is 0.0729. The third-order valence-electron chi connectivity index (χ3n) is 3.22. The number of nitrogens with one attached hydrogen (secondary N) is 1. The average Bonchev–Trinajstić information content (AvgIpc) is 2.42. The van der Waals surface area contributed by atoms with Crippen molar-refractivity contribution in [2.45, 2.75) is 26.4 Å². The Morgan fingerprint density at radius 1 is 1.33 bits per heavy atom. The van der Waals surface area contributed by atoms with Crippen LogP contribution in [0.15, 0.2) is 18.2 Å². The highest BCUT2D eigenvalue weighted by atomic mass is 16.5. The fraction of sp³-hybridized carbons (Fsp3) is 0.562. The van der Waals surface area contributed by atoms with Crippen LogP contribution in [-0.4, -0.2) is 55.8 Å². The smallest absolute Gasteiger partial charge is 0.223 e. The summed E-state index contributed by atoms with van der Waals surface area (Å²) in [6, 6.07) is 5.96. The molecule has 0 bridgehead atoms. The Hall–Kier alpha value is -1.59. The zero-order valence-corrected chi connectivity index (χ0v) is 13.3. The van der Waals surface area contributed by atoms with Gasteiger partial charge in [-0.3, -0.25) is 4.79 Å². The summed E-state index contributed by atoms with van der Waals surface area (Å²) < 4.78 is 5.68. The van der Waals surface area contributed by atoms with Crippen molar-refractivity contribution in [3.8, 4) is 5.75 Å². The molecule has 1 aromatic rings. The molecule has 0 aliphatic carbocycles. The van der Waals surface area contributed by atoms with E-state index in [1.54, 1.807) is 19.0 Å². The van der Waals surface area contributed by atoms with Gasteiger partial charge in [-0.25, -0.2) is 0 Å². The highest BCUT2D eigenvalue weighted by Crippen LogP contribution is 2.22. The zero-order valence-electron chi connectivity index (χ0n) is 13.3. The molecule has 2 N–H and O–H groups in total. The Labute approximate surface area is 126 Å². The summed E-state index contributed by atoms with van der Waals surface area (Å²) in [4.78, 5) is 12.9. The van der Waals surface area contributed by atoms with Gasteiger partial charge in [-0.15, -0.1) is 0 Å². The number of hydrogen-bond donors (Lipinski definition) is 2. The molecule has 118 valence electrons. The number of ether oxygens (including phenoxy) is 1. The summed E-state index contributed by atoms with van der Waals surface area (Å²) in [7, 11) is 3.46. The quantitative estimate of drug-likeness (QED) is 0.705. The first kappa shape index (κ1) is 17.5. The van der Waals surface area contributed by atoms with E-state index in [0.29, 0.717) is 19.5 Å². The second kappa shape index (κ2) is 8.64. The van der Waals surface area contributed by atoms with E-state index in [1.165, 1.54) is 0 Å². The molecule has 0 heterocycles. The number of aliphatic hydroxyl groups excluding tert-OH is 1. The van der Waals surface area contributed by atoms with Gasteiger partial charge in [-0.1, -0.05) is 18.2 Å². The van der Waals surface area contributed by atoms with Gasteiger partial charge >= 0.3 is 0 Å². The molecule has 0 aliphatic heterocycles. The lowest BCUT2D eigenvalue weighted by Gasteiger charge is -2.16. The summed E-state index contributed by atoms with van der Waals surface area (Å²) in [5.41, 5.74) is 2.12. The van der Waals surface area contributed by atoms with Crippen molar-refractivity contribution in [3.05, 3.63) is 29.3 Å². The number of carbonyl (C=O) groups excluding carboxylic acids is 1. The van der Waals surface area contributed by atoms with E-state index >= 15 is 0 Å². The average molecular weight is 294 g/mol. The maximum absolute atomic E-state index is 11.4. The predicted molar refractivity (Wildman–Crippen MR) is 83.6 cm³/mol. The van der Waals surface area contributed by atoms with E-state index in [1.807, 2.05) is 32.0 Å². The van der Waals surface area contributed by atoms with Gasteiger partial charge in [0.25, 0.3) is 0 Å². The van der Waals surface area contributed by atoms with Gasteiger partial charge < -0.3 is 20.1 Å². The number of hydrogen-bond acceptors (Lipinski definition) is 4. The molecule has 1 rings (SSSR count). The van der Waals surface area contributed by atoms with Crippen molar-refractivity contribution >= 4 is 5.91 Å². The van der Waals surface area contributed by atoms with Crippen LogP contribution in [0.4, 0.5) is 0 Å². The molecular weight excluding hydrogens is 268 g/mol. The van der Waals surface area contributed by atoms with Crippen LogP contribution in [0.3, 0.4) is 0 Å². The van der Waals surface area contributed by atoms with Gasteiger partial charge in [0.1, 0.15) is 18.5 Å². The summed E-state index contributed by atoms with van der Waals surface area (Å²) >= 11 is 0. The molecular formula is C16H26N2O3. The Bertz CT molecular complexity index is 441. The van der Waals surface area contributed by atoms with Crippen LogP contribution in [0.5, 0.6) is 5.75 Å². The zero-order chi connectivity index (χ0) is 15.8. The number of aliphatic hydroxyl groups is 1. The van der Waals surface area contributed by atoms with Gasteiger partial charge in [0.15, 0.2) is 0 Å². The normalized spacial score (nSPS) is 12.0. The number of nitrogens with zero attached hydrogens (tertiary/aromatic N) is 1. The topological polar surface area (TPSA) is 61.8 Å². The largest absolute Gasteiger partial charge is 0.490 e.